The first-order valence-corrected chi connectivity index (χ1v) is 12.3. The van der Waals surface area contributed by atoms with Crippen LogP contribution in [0.5, 0.6) is 11.5 Å². The number of fused-ring (bicyclic) bond motifs is 1. The first-order valence-electron chi connectivity index (χ1n) is 10.7. The number of aromatic nitrogens is 2. The molecule has 34 heavy (non-hydrogen) atoms. The van der Waals surface area contributed by atoms with Gasteiger partial charge in [0.05, 0.1) is 30.8 Å². The highest BCUT2D eigenvalue weighted by atomic mass is 79.9. The first-order chi connectivity index (χ1) is 16.3. The summed E-state index contributed by atoms with van der Waals surface area (Å²) in [5.41, 5.74) is 0.832. The number of hydrogen-bond donors (Lipinski definition) is 0. The van der Waals surface area contributed by atoms with Gasteiger partial charge in [-0.15, -0.1) is 0 Å². The zero-order valence-electron chi connectivity index (χ0n) is 19.3. The van der Waals surface area contributed by atoms with Crippen LogP contribution in [0.15, 0.2) is 49.2 Å². The average Bonchev–Trinajstić information content (AvgIpc) is 2.82. The van der Waals surface area contributed by atoms with E-state index in [1.165, 1.54) is 18.0 Å². The second-order valence-corrected chi connectivity index (χ2v) is 9.25. The molecule has 0 fully saturated rings. The molecule has 1 heterocycles. The molecule has 8 nitrogen and oxygen atoms in total. The third-order valence-electron chi connectivity index (χ3n) is 5.11. The number of rotatable bonds is 9. The Morgan fingerprint density at radius 1 is 1.21 bits per heavy atom. The van der Waals surface area contributed by atoms with Crippen molar-refractivity contribution < 1.29 is 19.0 Å². The number of nitrogens with zero attached hydrogens (tertiary/aromatic N) is 3. The Kier molecular flexibility index (Phi) is 8.84. The zero-order chi connectivity index (χ0) is 24.8. The van der Waals surface area contributed by atoms with Gasteiger partial charge in [0.2, 0.25) is 0 Å². The molecule has 0 amide bonds. The van der Waals surface area contributed by atoms with Crippen molar-refractivity contribution in [3.8, 4) is 11.5 Å². The van der Waals surface area contributed by atoms with E-state index in [4.69, 9.17) is 19.2 Å². The van der Waals surface area contributed by atoms with E-state index in [2.05, 4.69) is 37.0 Å². The highest BCUT2D eigenvalue weighted by Crippen LogP contribution is 2.34. The lowest BCUT2D eigenvalue weighted by molar-refractivity contribution is -0.145. The van der Waals surface area contributed by atoms with Crippen molar-refractivity contribution in [2.75, 3.05) is 20.3 Å². The zero-order valence-corrected chi connectivity index (χ0v) is 22.5. The Morgan fingerprint density at radius 3 is 2.65 bits per heavy atom. The average molecular weight is 595 g/mol. The number of halogens is 2. The van der Waals surface area contributed by atoms with Gasteiger partial charge in [-0.25, -0.2) is 9.78 Å². The summed E-state index contributed by atoms with van der Waals surface area (Å²) in [4.78, 5) is 29.9. The summed E-state index contributed by atoms with van der Waals surface area (Å²) in [6.07, 6.45) is 2.27. The van der Waals surface area contributed by atoms with Gasteiger partial charge in [0.15, 0.2) is 18.1 Å². The number of ether oxygens (including phenoxy) is 3. The quantitative estimate of drug-likeness (QED) is 0.248. The largest absolute Gasteiger partial charge is 0.493 e. The van der Waals surface area contributed by atoms with Crippen LogP contribution in [0.4, 0.5) is 0 Å². The second kappa shape index (κ2) is 11.6. The lowest BCUT2D eigenvalue weighted by atomic mass is 10.1. The van der Waals surface area contributed by atoms with E-state index >= 15 is 0 Å². The SMILES string of the molecule is CCOC(=O)COc1c(C=Nn2c([C@H](C)CC)nc3ccc(Br)cc3c2=O)cc(Br)cc1OC. The molecule has 0 unspecified atom stereocenters. The molecule has 1 atom stereocenters. The van der Waals surface area contributed by atoms with Crippen LogP contribution in [0, 0.1) is 0 Å². The smallest absolute Gasteiger partial charge is 0.344 e. The predicted molar refractivity (Wildman–Crippen MR) is 138 cm³/mol. The van der Waals surface area contributed by atoms with Gasteiger partial charge in [-0.05, 0) is 43.7 Å². The van der Waals surface area contributed by atoms with Gasteiger partial charge < -0.3 is 14.2 Å². The van der Waals surface area contributed by atoms with Gasteiger partial charge in [-0.1, -0.05) is 45.7 Å². The summed E-state index contributed by atoms with van der Waals surface area (Å²) >= 11 is 6.86. The van der Waals surface area contributed by atoms with Crippen LogP contribution in [0.25, 0.3) is 10.9 Å². The fourth-order valence-electron chi connectivity index (χ4n) is 3.22. The van der Waals surface area contributed by atoms with Crippen molar-refractivity contribution >= 4 is 54.9 Å². The van der Waals surface area contributed by atoms with Gasteiger partial charge in [0, 0.05) is 20.4 Å². The van der Waals surface area contributed by atoms with Crippen molar-refractivity contribution in [1.82, 2.24) is 9.66 Å². The number of carbonyl (C=O) groups is 1. The topological polar surface area (TPSA) is 92.0 Å². The minimum absolute atomic E-state index is 0.00511. The Balaban J connectivity index is 2.13. The van der Waals surface area contributed by atoms with E-state index in [-0.39, 0.29) is 24.7 Å². The number of esters is 1. The van der Waals surface area contributed by atoms with Crippen LogP contribution in [0.1, 0.15) is 44.5 Å². The van der Waals surface area contributed by atoms with Crippen LogP contribution in [0.2, 0.25) is 0 Å². The van der Waals surface area contributed by atoms with E-state index in [1.807, 2.05) is 19.9 Å². The molecule has 10 heteroatoms. The minimum Gasteiger partial charge on any atom is -0.493 e. The molecule has 1 aromatic heterocycles. The fourth-order valence-corrected chi connectivity index (χ4v) is 4.04. The van der Waals surface area contributed by atoms with Crippen LogP contribution in [0.3, 0.4) is 0 Å². The van der Waals surface area contributed by atoms with Crippen molar-refractivity contribution in [3.05, 3.63) is 61.0 Å². The molecular weight excluding hydrogens is 570 g/mol. The standard InChI is InChI=1S/C24H25Br2N3O5/c1-5-14(3)23-28-19-8-7-16(25)10-18(19)24(31)29(23)27-12-15-9-17(26)11-20(32-4)22(15)34-13-21(30)33-6-2/h7-12,14H,5-6,13H2,1-4H3/t14-/m1/s1. The Morgan fingerprint density at radius 2 is 1.97 bits per heavy atom. The third-order valence-corrected chi connectivity index (χ3v) is 6.06. The van der Waals surface area contributed by atoms with Crippen LogP contribution >= 0.6 is 31.9 Å². The summed E-state index contributed by atoms with van der Waals surface area (Å²) in [6.45, 7) is 5.70. The van der Waals surface area contributed by atoms with Gasteiger partial charge >= 0.3 is 5.97 Å². The molecule has 0 spiro atoms. The highest BCUT2D eigenvalue weighted by molar-refractivity contribution is 9.10. The maximum Gasteiger partial charge on any atom is 0.344 e. The highest BCUT2D eigenvalue weighted by Gasteiger charge is 2.17. The minimum atomic E-state index is -0.505. The molecule has 0 saturated carbocycles. The van der Waals surface area contributed by atoms with Gasteiger partial charge in [0.1, 0.15) is 5.82 Å². The molecule has 0 aliphatic heterocycles. The van der Waals surface area contributed by atoms with E-state index in [9.17, 15) is 9.59 Å². The molecule has 0 bridgehead atoms. The molecule has 2 aromatic carbocycles. The molecule has 0 N–H and O–H groups in total. The fraction of sp³-hybridized carbons (Fsp3) is 0.333. The van der Waals surface area contributed by atoms with Crippen molar-refractivity contribution in [3.63, 3.8) is 0 Å². The van der Waals surface area contributed by atoms with Crippen molar-refractivity contribution in [2.45, 2.75) is 33.1 Å². The monoisotopic (exact) mass is 593 g/mol. The normalized spacial score (nSPS) is 12.2. The predicted octanol–water partition coefficient (Wildman–Crippen LogP) is 5.27. The first kappa shape index (κ1) is 25.9. The van der Waals surface area contributed by atoms with Crippen molar-refractivity contribution in [2.24, 2.45) is 5.10 Å². The van der Waals surface area contributed by atoms with Crippen LogP contribution < -0.4 is 15.0 Å². The maximum absolute atomic E-state index is 13.4. The number of hydrogen-bond acceptors (Lipinski definition) is 7. The molecule has 3 aromatic rings. The van der Waals surface area contributed by atoms with E-state index in [0.29, 0.717) is 38.3 Å². The lowest BCUT2D eigenvalue weighted by Gasteiger charge is -2.15. The summed E-state index contributed by atoms with van der Waals surface area (Å²) < 4.78 is 18.9. The molecule has 0 aliphatic rings. The summed E-state index contributed by atoms with van der Waals surface area (Å²) in [6, 6.07) is 8.85. The Hall–Kier alpha value is -2.72. The molecule has 0 aliphatic carbocycles. The van der Waals surface area contributed by atoms with Gasteiger partial charge in [-0.3, -0.25) is 4.79 Å². The lowest BCUT2D eigenvalue weighted by Crippen LogP contribution is -2.23. The maximum atomic E-state index is 13.4. The van der Waals surface area contributed by atoms with E-state index in [1.54, 1.807) is 31.2 Å². The molecular formula is C24H25Br2N3O5. The van der Waals surface area contributed by atoms with E-state index < -0.39 is 5.97 Å². The van der Waals surface area contributed by atoms with Gasteiger partial charge in [-0.2, -0.15) is 9.78 Å². The van der Waals surface area contributed by atoms with Crippen LogP contribution in [-0.2, 0) is 9.53 Å². The number of benzene rings is 2. The second-order valence-electron chi connectivity index (χ2n) is 7.42. The Bertz CT molecular complexity index is 1290. The number of methoxy groups -OCH3 is 1. The molecule has 180 valence electrons. The van der Waals surface area contributed by atoms with Gasteiger partial charge in [0.25, 0.3) is 5.56 Å². The molecule has 0 radical (unpaired) electrons. The molecule has 0 saturated heterocycles. The summed E-state index contributed by atoms with van der Waals surface area (Å²) in [7, 11) is 1.50. The van der Waals surface area contributed by atoms with E-state index in [0.717, 1.165) is 10.9 Å². The summed E-state index contributed by atoms with van der Waals surface area (Å²) in [5.74, 6) is 0.742. The Labute approximate surface area is 214 Å². The third kappa shape index (κ3) is 5.85. The van der Waals surface area contributed by atoms with Crippen LogP contribution in [-0.4, -0.2) is 42.2 Å². The molecule has 3 rings (SSSR count). The summed E-state index contributed by atoms with van der Waals surface area (Å²) in [5, 5.41) is 4.94. The van der Waals surface area contributed by atoms with Crippen molar-refractivity contribution in [1.29, 1.82) is 0 Å². The number of carbonyl (C=O) groups excluding carboxylic acids is 1.